The summed E-state index contributed by atoms with van der Waals surface area (Å²) in [6.07, 6.45) is 0.952. The topological polar surface area (TPSA) is 79.6 Å². The number of nitrogens with one attached hydrogen (secondary N) is 2. The molecule has 1 saturated heterocycles. The molecule has 6 nitrogen and oxygen atoms in total. The number of benzene rings is 1. The molecule has 0 spiro atoms. The number of rotatable bonds is 6. The first-order valence-corrected chi connectivity index (χ1v) is 7.36. The lowest BCUT2D eigenvalue weighted by Crippen LogP contribution is -2.38. The highest BCUT2D eigenvalue weighted by atomic mass is 16.5. The summed E-state index contributed by atoms with van der Waals surface area (Å²) >= 11 is 0. The number of ether oxygens (including phenoxy) is 1. The molecular weight excluding hydrogens is 268 g/mol. The SMILES string of the molecule is Cc1cc(C(=O)NCCCN2CCOCC2)ccc1NN. The van der Waals surface area contributed by atoms with Crippen molar-refractivity contribution >= 4 is 11.6 Å². The Morgan fingerprint density at radius 1 is 1.38 bits per heavy atom. The quantitative estimate of drug-likeness (QED) is 0.409. The monoisotopic (exact) mass is 292 g/mol. The van der Waals surface area contributed by atoms with E-state index in [2.05, 4.69) is 15.6 Å². The van der Waals surface area contributed by atoms with E-state index in [1.54, 1.807) is 6.07 Å². The van der Waals surface area contributed by atoms with Crippen molar-refractivity contribution in [3.05, 3.63) is 29.3 Å². The summed E-state index contributed by atoms with van der Waals surface area (Å²) in [5.41, 5.74) is 5.06. The smallest absolute Gasteiger partial charge is 0.251 e. The lowest BCUT2D eigenvalue weighted by atomic mass is 10.1. The van der Waals surface area contributed by atoms with E-state index >= 15 is 0 Å². The maximum atomic E-state index is 12.1. The minimum absolute atomic E-state index is 0.0383. The average Bonchev–Trinajstić information content (AvgIpc) is 2.52. The van der Waals surface area contributed by atoms with E-state index < -0.39 is 0 Å². The van der Waals surface area contributed by atoms with Crippen molar-refractivity contribution in [2.24, 2.45) is 5.84 Å². The lowest BCUT2D eigenvalue weighted by Gasteiger charge is -2.26. The highest BCUT2D eigenvalue weighted by molar-refractivity contribution is 5.94. The molecule has 1 heterocycles. The summed E-state index contributed by atoms with van der Waals surface area (Å²) in [5.74, 6) is 5.34. The zero-order valence-electron chi connectivity index (χ0n) is 12.5. The fraction of sp³-hybridized carbons (Fsp3) is 0.533. The van der Waals surface area contributed by atoms with Gasteiger partial charge >= 0.3 is 0 Å². The van der Waals surface area contributed by atoms with Crippen molar-refractivity contribution in [2.45, 2.75) is 13.3 Å². The van der Waals surface area contributed by atoms with Gasteiger partial charge < -0.3 is 15.5 Å². The molecule has 0 atom stereocenters. The molecule has 6 heteroatoms. The first-order valence-electron chi connectivity index (χ1n) is 7.36. The molecule has 21 heavy (non-hydrogen) atoms. The van der Waals surface area contributed by atoms with Gasteiger partial charge in [0.05, 0.1) is 18.9 Å². The molecule has 4 N–H and O–H groups in total. The molecule has 0 aliphatic carbocycles. The summed E-state index contributed by atoms with van der Waals surface area (Å²) in [6, 6.07) is 5.43. The molecule has 116 valence electrons. The van der Waals surface area contributed by atoms with Crippen LogP contribution in [-0.4, -0.2) is 50.2 Å². The number of amides is 1. The molecule has 0 radical (unpaired) electrons. The molecule has 0 saturated carbocycles. The largest absolute Gasteiger partial charge is 0.379 e. The van der Waals surface area contributed by atoms with Gasteiger partial charge in [-0.1, -0.05) is 0 Å². The number of hydrogen-bond acceptors (Lipinski definition) is 5. The van der Waals surface area contributed by atoms with Crippen molar-refractivity contribution in [3.8, 4) is 0 Å². The number of carbonyl (C=O) groups is 1. The second-order valence-electron chi connectivity index (χ2n) is 5.24. The summed E-state index contributed by atoms with van der Waals surface area (Å²) in [6.45, 7) is 7.21. The Hall–Kier alpha value is -1.63. The minimum Gasteiger partial charge on any atom is -0.379 e. The van der Waals surface area contributed by atoms with Crippen LogP contribution in [0, 0.1) is 6.92 Å². The Balaban J connectivity index is 1.72. The number of morpholine rings is 1. The maximum absolute atomic E-state index is 12.1. The van der Waals surface area contributed by atoms with Crippen LogP contribution < -0.4 is 16.6 Å². The van der Waals surface area contributed by atoms with Crippen LogP contribution in [0.15, 0.2) is 18.2 Å². The van der Waals surface area contributed by atoms with Crippen molar-refractivity contribution in [1.29, 1.82) is 0 Å². The van der Waals surface area contributed by atoms with E-state index in [9.17, 15) is 4.79 Å². The third-order valence-corrected chi connectivity index (χ3v) is 3.68. The predicted octanol–water partition coefficient (Wildman–Crippen LogP) is 0.733. The highest BCUT2D eigenvalue weighted by Crippen LogP contribution is 2.15. The van der Waals surface area contributed by atoms with E-state index in [1.165, 1.54) is 0 Å². The molecule has 1 aliphatic heterocycles. The summed E-state index contributed by atoms with van der Waals surface area (Å²) in [4.78, 5) is 14.4. The first kappa shape index (κ1) is 15.8. The number of nitrogens with zero attached hydrogens (tertiary/aromatic N) is 1. The van der Waals surface area contributed by atoms with Gasteiger partial charge in [0.15, 0.2) is 0 Å². The number of carbonyl (C=O) groups excluding carboxylic acids is 1. The lowest BCUT2D eigenvalue weighted by molar-refractivity contribution is 0.0374. The number of nitrogen functional groups attached to an aromatic ring is 1. The highest BCUT2D eigenvalue weighted by Gasteiger charge is 2.10. The van der Waals surface area contributed by atoms with E-state index in [4.69, 9.17) is 10.6 Å². The van der Waals surface area contributed by atoms with Gasteiger partial charge in [0.25, 0.3) is 5.91 Å². The Morgan fingerprint density at radius 2 is 2.14 bits per heavy atom. The van der Waals surface area contributed by atoms with Crippen LogP contribution in [0.2, 0.25) is 0 Å². The van der Waals surface area contributed by atoms with Crippen LogP contribution in [0.3, 0.4) is 0 Å². The first-order chi connectivity index (χ1) is 10.2. The number of anilines is 1. The maximum Gasteiger partial charge on any atom is 0.251 e. The van der Waals surface area contributed by atoms with E-state index in [0.717, 1.165) is 50.5 Å². The van der Waals surface area contributed by atoms with Gasteiger partial charge in [0, 0.05) is 25.2 Å². The molecule has 0 unspecified atom stereocenters. The molecule has 1 aliphatic rings. The zero-order chi connectivity index (χ0) is 15.1. The van der Waals surface area contributed by atoms with Crippen LogP contribution in [0.1, 0.15) is 22.3 Å². The predicted molar refractivity (Wildman–Crippen MR) is 83.2 cm³/mol. The van der Waals surface area contributed by atoms with Crippen LogP contribution in [-0.2, 0) is 4.74 Å². The van der Waals surface area contributed by atoms with Crippen LogP contribution in [0.4, 0.5) is 5.69 Å². The van der Waals surface area contributed by atoms with Crippen molar-refractivity contribution < 1.29 is 9.53 Å². The second-order valence-corrected chi connectivity index (χ2v) is 5.24. The number of hydrogen-bond donors (Lipinski definition) is 3. The fourth-order valence-electron chi connectivity index (χ4n) is 2.40. The van der Waals surface area contributed by atoms with E-state index in [1.807, 2.05) is 19.1 Å². The van der Waals surface area contributed by atoms with E-state index in [-0.39, 0.29) is 5.91 Å². The van der Waals surface area contributed by atoms with Gasteiger partial charge in [-0.25, -0.2) is 0 Å². The molecule has 2 rings (SSSR count). The fourth-order valence-corrected chi connectivity index (χ4v) is 2.40. The van der Waals surface area contributed by atoms with Crippen LogP contribution in [0.5, 0.6) is 0 Å². The second kappa shape index (κ2) is 7.97. The molecular formula is C15H24N4O2. The molecule has 1 aromatic carbocycles. The molecule has 0 bridgehead atoms. The van der Waals surface area contributed by atoms with Crippen molar-refractivity contribution in [2.75, 3.05) is 44.8 Å². The van der Waals surface area contributed by atoms with Crippen molar-refractivity contribution in [1.82, 2.24) is 10.2 Å². The van der Waals surface area contributed by atoms with Gasteiger partial charge in [0.1, 0.15) is 0 Å². The Labute approximate surface area is 125 Å². The Kier molecular flexibility index (Phi) is 5.98. The number of hydrazine groups is 1. The Morgan fingerprint density at radius 3 is 2.81 bits per heavy atom. The molecule has 1 fully saturated rings. The standard InChI is InChI=1S/C15H24N4O2/c1-12-11-13(3-4-14(12)18-16)15(20)17-5-2-6-19-7-9-21-10-8-19/h3-4,11,18H,2,5-10,16H2,1H3,(H,17,20). The molecule has 1 aromatic rings. The molecule has 1 amide bonds. The molecule has 0 aromatic heterocycles. The van der Waals surface area contributed by atoms with Gasteiger partial charge in [-0.15, -0.1) is 0 Å². The minimum atomic E-state index is -0.0383. The van der Waals surface area contributed by atoms with Gasteiger partial charge in [-0.2, -0.15) is 0 Å². The van der Waals surface area contributed by atoms with Crippen LogP contribution in [0.25, 0.3) is 0 Å². The summed E-state index contributed by atoms with van der Waals surface area (Å²) in [5, 5.41) is 2.95. The van der Waals surface area contributed by atoms with Gasteiger partial charge in [0.2, 0.25) is 0 Å². The Bertz CT molecular complexity index is 473. The third kappa shape index (κ3) is 4.70. The summed E-state index contributed by atoms with van der Waals surface area (Å²) < 4.78 is 5.31. The van der Waals surface area contributed by atoms with Gasteiger partial charge in [-0.3, -0.25) is 15.5 Å². The van der Waals surface area contributed by atoms with Crippen LogP contribution >= 0.6 is 0 Å². The normalized spacial score (nSPS) is 15.7. The van der Waals surface area contributed by atoms with Crippen molar-refractivity contribution in [3.63, 3.8) is 0 Å². The third-order valence-electron chi connectivity index (χ3n) is 3.68. The van der Waals surface area contributed by atoms with E-state index in [0.29, 0.717) is 12.1 Å². The number of aryl methyl sites for hydroxylation is 1. The number of nitrogens with two attached hydrogens (primary N) is 1. The summed E-state index contributed by atoms with van der Waals surface area (Å²) in [7, 11) is 0. The van der Waals surface area contributed by atoms with Gasteiger partial charge in [-0.05, 0) is 43.7 Å². The average molecular weight is 292 g/mol. The zero-order valence-corrected chi connectivity index (χ0v) is 12.5.